The maximum atomic E-state index is 14.4. The molecule has 3 aliphatic heterocycles. The van der Waals surface area contributed by atoms with Gasteiger partial charge in [-0.25, -0.2) is 23.0 Å². The van der Waals surface area contributed by atoms with Gasteiger partial charge in [0.15, 0.2) is 0 Å². The predicted molar refractivity (Wildman–Crippen MR) is 206 cm³/mol. The van der Waals surface area contributed by atoms with Crippen molar-refractivity contribution >= 4 is 51.3 Å². The average molecular weight is 811 g/mol. The van der Waals surface area contributed by atoms with Crippen LogP contribution in [0.2, 0.25) is 0 Å². The van der Waals surface area contributed by atoms with Gasteiger partial charge in [-0.3, -0.25) is 24.0 Å². The Bertz CT molecular complexity index is 2040. The van der Waals surface area contributed by atoms with E-state index in [-0.39, 0.29) is 25.8 Å². The summed E-state index contributed by atoms with van der Waals surface area (Å²) in [5.41, 5.74) is 1.40. The lowest BCUT2D eigenvalue weighted by molar-refractivity contribution is -0.141. The molecular formula is C39H50N6O9S2. The van der Waals surface area contributed by atoms with Crippen LogP contribution in [0.25, 0.3) is 11.3 Å². The van der Waals surface area contributed by atoms with E-state index in [4.69, 9.17) is 9.47 Å². The average Bonchev–Trinajstić information content (AvgIpc) is 3.94. The number of aromatic nitrogens is 1. The van der Waals surface area contributed by atoms with Crippen LogP contribution in [0.15, 0.2) is 35.7 Å². The maximum Gasteiger partial charge on any atom is 0.410 e. The van der Waals surface area contributed by atoms with Crippen molar-refractivity contribution < 1.29 is 41.9 Å². The third-order valence-corrected chi connectivity index (χ3v) is 13.5. The van der Waals surface area contributed by atoms with Crippen LogP contribution < -0.4 is 15.4 Å². The molecule has 1 aromatic heterocycles. The van der Waals surface area contributed by atoms with E-state index in [1.807, 2.05) is 42.7 Å². The molecule has 0 unspecified atom stereocenters. The smallest absolute Gasteiger partial charge is 0.410 e. The van der Waals surface area contributed by atoms with Crippen LogP contribution in [0, 0.1) is 12.8 Å². The van der Waals surface area contributed by atoms with Crippen LogP contribution in [-0.4, -0.2) is 94.2 Å². The molecule has 0 spiro atoms. The van der Waals surface area contributed by atoms with E-state index in [1.54, 1.807) is 37.0 Å². The molecule has 3 fully saturated rings. The lowest BCUT2D eigenvalue weighted by atomic mass is 10.0. The third kappa shape index (κ3) is 8.88. The molecule has 0 radical (unpaired) electrons. The van der Waals surface area contributed by atoms with Crippen LogP contribution in [-0.2, 0) is 47.0 Å². The first kappa shape index (κ1) is 39.7. The van der Waals surface area contributed by atoms with Crippen LogP contribution >= 0.6 is 11.3 Å². The summed E-state index contributed by atoms with van der Waals surface area (Å²) in [6.07, 6.45) is 5.57. The number of nitrogens with zero attached hydrogens (tertiary/aromatic N) is 3. The maximum absolute atomic E-state index is 14.4. The summed E-state index contributed by atoms with van der Waals surface area (Å²) in [5, 5.41) is 7.84. The highest BCUT2D eigenvalue weighted by Gasteiger charge is 2.62. The van der Waals surface area contributed by atoms with E-state index in [0.717, 1.165) is 40.2 Å². The van der Waals surface area contributed by atoms with Crippen molar-refractivity contribution in [3.05, 3.63) is 51.9 Å². The first-order chi connectivity index (χ1) is 26.5. The van der Waals surface area contributed by atoms with Crippen molar-refractivity contribution in [3.8, 4) is 11.3 Å². The number of carbonyl (C=O) groups excluding carboxylic acids is 5. The molecule has 302 valence electrons. The minimum atomic E-state index is -3.91. The molecule has 2 aromatic rings. The summed E-state index contributed by atoms with van der Waals surface area (Å²) in [7, 11) is -3.91. The summed E-state index contributed by atoms with van der Waals surface area (Å²) in [4.78, 5) is 76.5. The fraction of sp³-hybridized carbons (Fsp3) is 0.590. The monoisotopic (exact) mass is 810 g/mol. The summed E-state index contributed by atoms with van der Waals surface area (Å²) < 4.78 is 39.3. The number of ether oxygens (including phenoxy) is 2. The highest BCUT2D eigenvalue weighted by Crippen LogP contribution is 2.46. The zero-order valence-corrected chi connectivity index (χ0v) is 33.8. The largest absolute Gasteiger partial charge is 0.444 e. The molecule has 0 bridgehead atoms. The number of nitrogens with one attached hydrogen (secondary N) is 3. The van der Waals surface area contributed by atoms with Crippen molar-refractivity contribution in [1.29, 1.82) is 0 Å². The molecule has 5 amide bonds. The Morgan fingerprint density at radius 3 is 2.54 bits per heavy atom. The van der Waals surface area contributed by atoms with E-state index in [2.05, 4.69) is 20.3 Å². The van der Waals surface area contributed by atoms with Gasteiger partial charge in [-0.2, -0.15) is 0 Å². The summed E-state index contributed by atoms with van der Waals surface area (Å²) in [6, 6.07) is 3.73. The molecule has 5 atom stereocenters. The highest BCUT2D eigenvalue weighted by molar-refractivity contribution is 7.91. The summed E-state index contributed by atoms with van der Waals surface area (Å²) >= 11 is 1.56. The number of alkyl carbamates (subject to hydrolysis) is 1. The Morgan fingerprint density at radius 1 is 1.05 bits per heavy atom. The molecule has 17 heteroatoms. The van der Waals surface area contributed by atoms with Gasteiger partial charge in [0.2, 0.25) is 21.8 Å². The highest BCUT2D eigenvalue weighted by atomic mass is 32.2. The molecule has 4 heterocycles. The SMILES string of the molecule is Cc1nc(-c2ccc3c(c2)CN(C(=O)O[C@@H]2C[C@H]4C(=O)N[C@]5(C(=O)NS(=O)(=O)C6CC6)C[C@H]5/C=C\CCCCC[C@H](NC(=O)OC(C)(C)C)C(=O)N4C2)C3)cs1. The van der Waals surface area contributed by atoms with Gasteiger partial charge in [0.25, 0.3) is 5.91 Å². The molecule has 2 saturated carbocycles. The first-order valence-electron chi connectivity index (χ1n) is 19.4. The first-order valence-corrected chi connectivity index (χ1v) is 21.8. The molecule has 56 heavy (non-hydrogen) atoms. The van der Waals surface area contributed by atoms with E-state index in [0.29, 0.717) is 38.8 Å². The van der Waals surface area contributed by atoms with Crippen molar-refractivity contribution in [2.24, 2.45) is 5.92 Å². The second-order valence-corrected chi connectivity index (χ2v) is 19.6. The fourth-order valence-electron chi connectivity index (χ4n) is 7.69. The van der Waals surface area contributed by atoms with Crippen molar-refractivity contribution in [3.63, 3.8) is 0 Å². The predicted octanol–water partition coefficient (Wildman–Crippen LogP) is 4.44. The van der Waals surface area contributed by atoms with Crippen LogP contribution in [0.1, 0.15) is 94.7 Å². The van der Waals surface area contributed by atoms with Crippen molar-refractivity contribution in [2.45, 2.75) is 133 Å². The Hall–Kier alpha value is -4.51. The molecule has 3 N–H and O–H groups in total. The van der Waals surface area contributed by atoms with Crippen LogP contribution in [0.4, 0.5) is 9.59 Å². The van der Waals surface area contributed by atoms with E-state index in [1.165, 1.54) is 4.90 Å². The van der Waals surface area contributed by atoms with Crippen LogP contribution in [0.3, 0.4) is 0 Å². The number of thiazole rings is 1. The Labute approximate surface area is 331 Å². The molecule has 5 aliphatic rings. The van der Waals surface area contributed by atoms with E-state index in [9.17, 15) is 32.4 Å². The van der Waals surface area contributed by atoms with Gasteiger partial charge in [0.1, 0.15) is 29.3 Å². The van der Waals surface area contributed by atoms with Crippen molar-refractivity contribution in [1.82, 2.24) is 30.1 Å². The molecule has 1 saturated heterocycles. The normalized spacial score (nSPS) is 27.4. The number of aryl methyl sites for hydroxylation is 1. The van der Waals surface area contributed by atoms with Gasteiger partial charge in [-0.1, -0.05) is 37.1 Å². The second kappa shape index (κ2) is 15.4. The minimum absolute atomic E-state index is 0.0742. The number of hydrogen-bond acceptors (Lipinski definition) is 11. The number of rotatable bonds is 6. The summed E-state index contributed by atoms with van der Waals surface area (Å²) in [6.45, 7) is 7.58. The molecule has 7 rings (SSSR count). The molecule has 2 aliphatic carbocycles. The van der Waals surface area contributed by atoms with E-state index < -0.39 is 80.4 Å². The number of carbonyl (C=O) groups is 5. The Morgan fingerprint density at radius 2 is 1.82 bits per heavy atom. The van der Waals surface area contributed by atoms with Crippen LogP contribution in [0.5, 0.6) is 0 Å². The number of hydrogen-bond donors (Lipinski definition) is 3. The molecular weight excluding hydrogens is 761 g/mol. The number of benzene rings is 1. The van der Waals surface area contributed by atoms with Gasteiger partial charge in [-0.15, -0.1) is 11.3 Å². The standard InChI is InChI=1S/C39H50N6O9S2/c1-23-40-31(22-55-23)24-12-13-25-19-44(20-26(25)16-24)37(50)53-28-17-32-33(46)42-39(35(48)43-56(51,52)29-14-15-29)18-27(39)10-8-6-5-7-9-11-30(34(47)45(32)21-28)41-36(49)54-38(2,3)4/h8,10,12-13,16,22,27-30,32H,5-7,9,11,14-15,17-21H2,1-4H3,(H,41,49)(H,42,46)(H,43,48)/b10-8-/t27-,28-,30+,32+,39-/m1/s1. The third-order valence-electron chi connectivity index (χ3n) is 10.9. The Balaban J connectivity index is 1.11. The van der Waals surface area contributed by atoms with Gasteiger partial charge in [0, 0.05) is 36.4 Å². The fourth-order valence-corrected chi connectivity index (χ4v) is 9.68. The van der Waals surface area contributed by atoms with Crippen molar-refractivity contribution in [2.75, 3.05) is 6.54 Å². The van der Waals surface area contributed by atoms with E-state index >= 15 is 0 Å². The topological polar surface area (TPSA) is 193 Å². The molecule has 15 nitrogen and oxygen atoms in total. The van der Waals surface area contributed by atoms with Gasteiger partial charge >= 0.3 is 12.2 Å². The van der Waals surface area contributed by atoms with Gasteiger partial charge in [-0.05, 0) is 83.4 Å². The lowest BCUT2D eigenvalue weighted by Gasteiger charge is -2.30. The van der Waals surface area contributed by atoms with Gasteiger partial charge < -0.3 is 25.0 Å². The zero-order chi connectivity index (χ0) is 40.0. The molecule has 1 aromatic carbocycles. The number of sulfonamides is 1. The second-order valence-electron chi connectivity index (χ2n) is 16.6. The quantitative estimate of drug-likeness (QED) is 0.352. The zero-order valence-electron chi connectivity index (χ0n) is 32.2. The lowest BCUT2D eigenvalue weighted by Crippen LogP contribution is -2.58. The number of allylic oxidation sites excluding steroid dienone is 1. The Kier molecular flexibility index (Phi) is 11.0. The minimum Gasteiger partial charge on any atom is -0.444 e. The number of amides is 5. The van der Waals surface area contributed by atoms with Gasteiger partial charge in [0.05, 0.1) is 22.5 Å². The number of fused-ring (bicyclic) bond motifs is 3. The summed E-state index contributed by atoms with van der Waals surface area (Å²) in [5.74, 6) is -2.51.